The highest BCUT2D eigenvalue weighted by molar-refractivity contribution is 5.79. The van der Waals surface area contributed by atoms with Crippen molar-refractivity contribution < 1.29 is 4.79 Å². The van der Waals surface area contributed by atoms with Crippen molar-refractivity contribution in [2.75, 3.05) is 33.2 Å². The lowest BCUT2D eigenvalue weighted by Crippen LogP contribution is -2.42. The third-order valence-corrected chi connectivity index (χ3v) is 4.27. The maximum Gasteiger partial charge on any atom is 0.224 e. The van der Waals surface area contributed by atoms with Gasteiger partial charge in [-0.05, 0) is 44.3 Å². The Bertz CT molecular complexity index is 435. The van der Waals surface area contributed by atoms with Gasteiger partial charge in [0.2, 0.25) is 5.91 Å². The normalized spacial score (nSPS) is 21.0. The summed E-state index contributed by atoms with van der Waals surface area (Å²) in [5.74, 6) is 0.533. The van der Waals surface area contributed by atoms with Crippen molar-refractivity contribution in [2.24, 2.45) is 17.6 Å². The monoisotopic (exact) mass is 289 g/mol. The molecule has 1 saturated heterocycles. The molecule has 1 aliphatic rings. The third-order valence-electron chi connectivity index (χ3n) is 4.27. The second-order valence-corrected chi connectivity index (χ2v) is 6.14. The molecule has 1 aromatic rings. The van der Waals surface area contributed by atoms with Gasteiger partial charge in [0.1, 0.15) is 0 Å². The van der Waals surface area contributed by atoms with E-state index in [2.05, 4.69) is 17.3 Å². The minimum Gasteiger partial charge on any atom is -0.355 e. The number of hydrogen-bond donors (Lipinski definition) is 2. The molecular weight excluding hydrogens is 262 g/mol. The smallest absolute Gasteiger partial charge is 0.224 e. The standard InChI is InChI=1S/C17H27N3O/c1-20-9-5-8-15(13-20)12-19-17(21)16(11-18)10-14-6-3-2-4-7-14/h2-4,6-7,15-16H,5,8-13,18H2,1H3,(H,19,21). The van der Waals surface area contributed by atoms with Crippen LogP contribution in [0.15, 0.2) is 30.3 Å². The highest BCUT2D eigenvalue weighted by Gasteiger charge is 2.21. The summed E-state index contributed by atoms with van der Waals surface area (Å²) in [6.07, 6.45) is 3.14. The van der Waals surface area contributed by atoms with E-state index in [0.29, 0.717) is 18.9 Å². The summed E-state index contributed by atoms with van der Waals surface area (Å²) in [7, 11) is 2.14. The minimum absolute atomic E-state index is 0.0922. The van der Waals surface area contributed by atoms with Gasteiger partial charge in [-0.15, -0.1) is 0 Å². The van der Waals surface area contributed by atoms with E-state index in [1.54, 1.807) is 0 Å². The molecule has 0 spiro atoms. The maximum absolute atomic E-state index is 12.3. The second-order valence-electron chi connectivity index (χ2n) is 6.14. The van der Waals surface area contributed by atoms with Crippen molar-refractivity contribution in [3.8, 4) is 0 Å². The van der Waals surface area contributed by atoms with Crippen LogP contribution in [0.1, 0.15) is 18.4 Å². The van der Waals surface area contributed by atoms with Crippen LogP contribution in [0.4, 0.5) is 0 Å². The molecular formula is C17H27N3O. The topological polar surface area (TPSA) is 58.4 Å². The lowest BCUT2D eigenvalue weighted by molar-refractivity contribution is -0.124. The van der Waals surface area contributed by atoms with Gasteiger partial charge in [-0.25, -0.2) is 0 Å². The van der Waals surface area contributed by atoms with Crippen molar-refractivity contribution in [1.82, 2.24) is 10.2 Å². The van der Waals surface area contributed by atoms with E-state index in [4.69, 9.17) is 5.73 Å². The molecule has 2 rings (SSSR count). The van der Waals surface area contributed by atoms with Crippen LogP contribution in [0.5, 0.6) is 0 Å². The molecule has 3 N–H and O–H groups in total. The van der Waals surface area contributed by atoms with Crippen molar-refractivity contribution in [1.29, 1.82) is 0 Å². The predicted molar refractivity (Wildman–Crippen MR) is 85.9 cm³/mol. The van der Waals surface area contributed by atoms with E-state index in [0.717, 1.165) is 13.1 Å². The third kappa shape index (κ3) is 5.14. The Labute approximate surface area is 127 Å². The first-order chi connectivity index (χ1) is 10.2. The molecule has 4 nitrogen and oxygen atoms in total. The van der Waals surface area contributed by atoms with Crippen LogP contribution < -0.4 is 11.1 Å². The van der Waals surface area contributed by atoms with E-state index in [1.807, 2.05) is 30.3 Å². The highest BCUT2D eigenvalue weighted by atomic mass is 16.1. The number of nitrogens with zero attached hydrogens (tertiary/aromatic N) is 1. The van der Waals surface area contributed by atoms with E-state index < -0.39 is 0 Å². The zero-order valence-electron chi connectivity index (χ0n) is 12.9. The van der Waals surface area contributed by atoms with Gasteiger partial charge in [0, 0.05) is 19.6 Å². The zero-order chi connectivity index (χ0) is 15.1. The lowest BCUT2D eigenvalue weighted by atomic mass is 9.96. The largest absolute Gasteiger partial charge is 0.355 e. The Hall–Kier alpha value is -1.39. The van der Waals surface area contributed by atoms with E-state index in [1.165, 1.54) is 24.9 Å². The van der Waals surface area contributed by atoms with Crippen LogP contribution in [0.3, 0.4) is 0 Å². The Balaban J connectivity index is 1.80. The first-order valence-electron chi connectivity index (χ1n) is 7.89. The maximum atomic E-state index is 12.3. The van der Waals surface area contributed by atoms with Crippen LogP contribution >= 0.6 is 0 Å². The molecule has 0 aliphatic carbocycles. The van der Waals surface area contributed by atoms with Gasteiger partial charge < -0.3 is 16.0 Å². The first-order valence-corrected chi connectivity index (χ1v) is 7.89. The molecule has 1 amide bonds. The number of piperidine rings is 1. The number of likely N-dealkylation sites (tertiary alicyclic amines) is 1. The van der Waals surface area contributed by atoms with Gasteiger partial charge >= 0.3 is 0 Å². The molecule has 1 aromatic carbocycles. The Morgan fingerprint density at radius 2 is 2.19 bits per heavy atom. The summed E-state index contributed by atoms with van der Waals surface area (Å²) in [5, 5.41) is 3.10. The fourth-order valence-electron chi connectivity index (χ4n) is 3.01. The lowest BCUT2D eigenvalue weighted by Gasteiger charge is -2.30. The molecule has 0 aromatic heterocycles. The van der Waals surface area contributed by atoms with Crippen LogP contribution in [0.25, 0.3) is 0 Å². The molecule has 2 atom stereocenters. The van der Waals surface area contributed by atoms with Crippen LogP contribution in [0.2, 0.25) is 0 Å². The number of rotatable bonds is 6. The average Bonchev–Trinajstić information content (AvgIpc) is 2.51. The van der Waals surface area contributed by atoms with Crippen LogP contribution in [-0.2, 0) is 11.2 Å². The Morgan fingerprint density at radius 1 is 1.43 bits per heavy atom. The van der Waals surface area contributed by atoms with Crippen LogP contribution in [0, 0.1) is 11.8 Å². The fourth-order valence-corrected chi connectivity index (χ4v) is 3.01. The average molecular weight is 289 g/mol. The predicted octanol–water partition coefficient (Wildman–Crippen LogP) is 1.26. The number of carbonyl (C=O) groups excluding carboxylic acids is 1. The summed E-state index contributed by atoms with van der Waals surface area (Å²) in [6.45, 7) is 3.41. The van der Waals surface area contributed by atoms with Gasteiger partial charge in [0.25, 0.3) is 0 Å². The summed E-state index contributed by atoms with van der Waals surface area (Å²) >= 11 is 0. The number of benzene rings is 1. The number of nitrogens with two attached hydrogens (primary N) is 1. The summed E-state index contributed by atoms with van der Waals surface area (Å²) < 4.78 is 0. The fraction of sp³-hybridized carbons (Fsp3) is 0.588. The van der Waals surface area contributed by atoms with Crippen molar-refractivity contribution in [2.45, 2.75) is 19.3 Å². The summed E-state index contributed by atoms with van der Waals surface area (Å²) in [4.78, 5) is 14.6. The Kier molecular flexibility index (Phi) is 6.21. The number of nitrogens with one attached hydrogen (secondary N) is 1. The Morgan fingerprint density at radius 3 is 2.86 bits per heavy atom. The summed E-state index contributed by atoms with van der Waals surface area (Å²) in [5.41, 5.74) is 6.95. The highest BCUT2D eigenvalue weighted by Crippen LogP contribution is 2.14. The minimum atomic E-state index is -0.131. The zero-order valence-corrected chi connectivity index (χ0v) is 12.9. The molecule has 1 heterocycles. The molecule has 0 bridgehead atoms. The molecule has 1 aliphatic heterocycles. The van der Waals surface area contributed by atoms with Gasteiger partial charge in [0.05, 0.1) is 5.92 Å². The van der Waals surface area contributed by atoms with E-state index >= 15 is 0 Å². The molecule has 0 radical (unpaired) electrons. The molecule has 116 valence electrons. The number of hydrogen-bond acceptors (Lipinski definition) is 3. The van der Waals surface area contributed by atoms with Gasteiger partial charge in [-0.1, -0.05) is 30.3 Å². The van der Waals surface area contributed by atoms with Gasteiger partial charge in [-0.3, -0.25) is 4.79 Å². The van der Waals surface area contributed by atoms with Gasteiger partial charge in [-0.2, -0.15) is 0 Å². The van der Waals surface area contributed by atoms with Crippen molar-refractivity contribution in [3.63, 3.8) is 0 Å². The second kappa shape index (κ2) is 8.15. The molecule has 1 fully saturated rings. The van der Waals surface area contributed by atoms with Crippen molar-refractivity contribution in [3.05, 3.63) is 35.9 Å². The number of amides is 1. The van der Waals surface area contributed by atoms with Gasteiger partial charge in [0.15, 0.2) is 0 Å². The molecule has 0 saturated carbocycles. The van der Waals surface area contributed by atoms with E-state index in [9.17, 15) is 4.79 Å². The number of carbonyl (C=O) groups is 1. The molecule has 4 heteroatoms. The first kappa shape index (κ1) is 16.0. The molecule has 2 unspecified atom stereocenters. The van der Waals surface area contributed by atoms with Crippen molar-refractivity contribution >= 4 is 5.91 Å². The summed E-state index contributed by atoms with van der Waals surface area (Å²) in [6, 6.07) is 10.1. The quantitative estimate of drug-likeness (QED) is 0.829. The van der Waals surface area contributed by atoms with Crippen LogP contribution in [-0.4, -0.2) is 44.0 Å². The van der Waals surface area contributed by atoms with E-state index in [-0.39, 0.29) is 11.8 Å². The SMILES string of the molecule is CN1CCCC(CNC(=O)C(CN)Cc2ccccc2)C1. The molecule has 21 heavy (non-hydrogen) atoms.